The van der Waals surface area contributed by atoms with Crippen LogP contribution in [0, 0.1) is 0 Å². The highest BCUT2D eigenvalue weighted by Gasteiger charge is 2.23. The molecule has 4 aromatic rings. The van der Waals surface area contributed by atoms with E-state index in [2.05, 4.69) is 25.4 Å². The summed E-state index contributed by atoms with van der Waals surface area (Å²) in [6.45, 7) is 0. The zero-order chi connectivity index (χ0) is 15.2. The predicted molar refractivity (Wildman–Crippen MR) is 87.6 cm³/mol. The molecule has 0 fully saturated rings. The van der Waals surface area contributed by atoms with Crippen molar-refractivity contribution in [2.45, 2.75) is 19.3 Å². The third-order valence-electron chi connectivity index (χ3n) is 4.12. The van der Waals surface area contributed by atoms with Gasteiger partial charge in [0, 0.05) is 10.4 Å². The molecular formula is C16H12N6S. The number of hydrogen-bond acceptors (Lipinski definition) is 6. The minimum absolute atomic E-state index is 0.601. The Morgan fingerprint density at radius 3 is 2.87 bits per heavy atom. The zero-order valence-corrected chi connectivity index (χ0v) is 13.0. The highest BCUT2D eigenvalue weighted by Crippen LogP contribution is 2.38. The topological polar surface area (TPSA) is 69.4 Å². The van der Waals surface area contributed by atoms with Crippen LogP contribution in [0.25, 0.3) is 27.4 Å². The van der Waals surface area contributed by atoms with Gasteiger partial charge < -0.3 is 0 Å². The summed E-state index contributed by atoms with van der Waals surface area (Å²) in [5.41, 5.74) is 2.30. The van der Waals surface area contributed by atoms with Crippen molar-refractivity contribution in [1.82, 2.24) is 30.2 Å². The number of tetrazole rings is 1. The van der Waals surface area contributed by atoms with Crippen LogP contribution in [0.2, 0.25) is 0 Å². The van der Waals surface area contributed by atoms with Gasteiger partial charge in [-0.15, -0.1) is 26.3 Å². The van der Waals surface area contributed by atoms with Gasteiger partial charge in [0.2, 0.25) is 5.82 Å². The average molecular weight is 320 g/mol. The highest BCUT2D eigenvalue weighted by molar-refractivity contribution is 7.19. The quantitative estimate of drug-likeness (QED) is 0.568. The van der Waals surface area contributed by atoms with E-state index in [9.17, 15) is 0 Å². The molecule has 0 amide bonds. The standard InChI is InChI=1S/C16H12N6S/c1-2-5-10(6-3-1)14-19-21-22(20-14)15-13-11-7-4-8-12(11)23-16(13)18-9-17-15/h1-3,5-6,9H,4,7-8H2. The van der Waals surface area contributed by atoms with E-state index in [0.29, 0.717) is 5.82 Å². The van der Waals surface area contributed by atoms with Gasteiger partial charge in [0.15, 0.2) is 5.82 Å². The molecule has 7 heteroatoms. The van der Waals surface area contributed by atoms with Crippen molar-refractivity contribution in [3.05, 3.63) is 47.1 Å². The van der Waals surface area contributed by atoms with Gasteiger partial charge in [-0.2, -0.15) is 0 Å². The number of thiophene rings is 1. The molecule has 3 heterocycles. The summed E-state index contributed by atoms with van der Waals surface area (Å²) in [7, 11) is 0. The normalized spacial score (nSPS) is 13.6. The van der Waals surface area contributed by atoms with E-state index in [1.807, 2.05) is 30.3 Å². The Labute approximate surface area is 135 Å². The number of nitrogens with zero attached hydrogens (tertiary/aromatic N) is 6. The molecular weight excluding hydrogens is 308 g/mol. The fraction of sp³-hybridized carbons (Fsp3) is 0.188. The van der Waals surface area contributed by atoms with Crippen LogP contribution >= 0.6 is 11.3 Å². The molecule has 1 aliphatic carbocycles. The molecule has 0 N–H and O–H groups in total. The minimum Gasteiger partial charge on any atom is -0.225 e. The first-order chi connectivity index (χ1) is 11.4. The minimum atomic E-state index is 0.601. The van der Waals surface area contributed by atoms with Crippen molar-refractivity contribution in [2.24, 2.45) is 0 Å². The Morgan fingerprint density at radius 1 is 1.04 bits per heavy atom. The van der Waals surface area contributed by atoms with Gasteiger partial charge >= 0.3 is 0 Å². The van der Waals surface area contributed by atoms with E-state index in [1.54, 1.807) is 17.7 Å². The molecule has 112 valence electrons. The number of aryl methyl sites for hydroxylation is 2. The lowest BCUT2D eigenvalue weighted by Gasteiger charge is -2.01. The summed E-state index contributed by atoms with van der Waals surface area (Å²) >= 11 is 1.76. The second-order valence-electron chi connectivity index (χ2n) is 5.50. The molecule has 0 atom stereocenters. The molecule has 5 rings (SSSR count). The number of aromatic nitrogens is 6. The summed E-state index contributed by atoms with van der Waals surface area (Å²) in [6.07, 6.45) is 4.99. The lowest BCUT2D eigenvalue weighted by molar-refractivity contribution is 0.704. The molecule has 0 aliphatic heterocycles. The number of benzene rings is 1. The first-order valence-corrected chi connectivity index (χ1v) is 8.33. The molecule has 1 aromatic carbocycles. The summed E-state index contributed by atoms with van der Waals surface area (Å²) in [6, 6.07) is 9.84. The maximum atomic E-state index is 4.51. The monoisotopic (exact) mass is 320 g/mol. The van der Waals surface area contributed by atoms with Gasteiger partial charge in [-0.3, -0.25) is 0 Å². The molecule has 0 radical (unpaired) electrons. The second-order valence-corrected chi connectivity index (χ2v) is 6.59. The van der Waals surface area contributed by atoms with E-state index in [-0.39, 0.29) is 0 Å². The Morgan fingerprint density at radius 2 is 1.96 bits per heavy atom. The Bertz CT molecular complexity index is 1000. The largest absolute Gasteiger partial charge is 0.225 e. The third kappa shape index (κ3) is 1.97. The lowest BCUT2D eigenvalue weighted by atomic mass is 10.2. The van der Waals surface area contributed by atoms with Gasteiger partial charge in [0.05, 0.1) is 5.39 Å². The number of fused-ring (bicyclic) bond motifs is 3. The first-order valence-electron chi connectivity index (χ1n) is 7.51. The summed E-state index contributed by atoms with van der Waals surface area (Å²) in [5, 5.41) is 14.0. The summed E-state index contributed by atoms with van der Waals surface area (Å²) in [4.78, 5) is 12.8. The van der Waals surface area contributed by atoms with E-state index in [1.165, 1.54) is 21.7 Å². The molecule has 0 saturated carbocycles. The number of hydrogen-bond donors (Lipinski definition) is 0. The molecule has 0 bridgehead atoms. The smallest absolute Gasteiger partial charge is 0.205 e. The van der Waals surface area contributed by atoms with Crippen LogP contribution in [-0.4, -0.2) is 30.2 Å². The SMILES string of the molecule is c1ccc(-c2nnn(-c3ncnc4sc5c(c34)CCC5)n2)cc1. The van der Waals surface area contributed by atoms with Crippen molar-refractivity contribution in [2.75, 3.05) is 0 Å². The molecule has 23 heavy (non-hydrogen) atoms. The maximum Gasteiger partial charge on any atom is 0.205 e. The zero-order valence-electron chi connectivity index (χ0n) is 12.2. The summed E-state index contributed by atoms with van der Waals surface area (Å²) in [5.74, 6) is 1.33. The van der Waals surface area contributed by atoms with Crippen LogP contribution in [0.15, 0.2) is 36.7 Å². The van der Waals surface area contributed by atoms with Gasteiger partial charge in [-0.25, -0.2) is 9.97 Å². The molecule has 0 unspecified atom stereocenters. The van der Waals surface area contributed by atoms with Crippen LogP contribution in [0.4, 0.5) is 0 Å². The van der Waals surface area contributed by atoms with Crippen LogP contribution < -0.4 is 0 Å². The Hall–Kier alpha value is -2.67. The fourth-order valence-electron chi connectivity index (χ4n) is 3.07. The second kappa shape index (κ2) is 4.92. The predicted octanol–water partition coefficient (Wildman–Crippen LogP) is 2.82. The Balaban J connectivity index is 1.68. The fourth-order valence-corrected chi connectivity index (χ4v) is 4.29. The highest BCUT2D eigenvalue weighted by atomic mass is 32.1. The van der Waals surface area contributed by atoms with E-state index in [0.717, 1.165) is 34.4 Å². The van der Waals surface area contributed by atoms with Crippen molar-refractivity contribution in [1.29, 1.82) is 0 Å². The molecule has 1 aliphatic rings. The van der Waals surface area contributed by atoms with E-state index < -0.39 is 0 Å². The van der Waals surface area contributed by atoms with Gasteiger partial charge in [0.1, 0.15) is 11.2 Å². The summed E-state index contributed by atoms with van der Waals surface area (Å²) < 4.78 is 0. The maximum absolute atomic E-state index is 4.51. The lowest BCUT2D eigenvalue weighted by Crippen LogP contribution is -2.03. The average Bonchev–Trinajstić information content (AvgIpc) is 3.30. The van der Waals surface area contributed by atoms with E-state index in [4.69, 9.17) is 0 Å². The third-order valence-corrected chi connectivity index (χ3v) is 5.32. The molecule has 0 saturated heterocycles. The first kappa shape index (κ1) is 12.8. The van der Waals surface area contributed by atoms with Gasteiger partial charge in [-0.05, 0) is 30.0 Å². The Kier molecular flexibility index (Phi) is 2.75. The molecule has 0 spiro atoms. The van der Waals surface area contributed by atoms with Crippen LogP contribution in [0.3, 0.4) is 0 Å². The van der Waals surface area contributed by atoms with Crippen molar-refractivity contribution in [3.63, 3.8) is 0 Å². The van der Waals surface area contributed by atoms with Crippen molar-refractivity contribution < 1.29 is 0 Å². The van der Waals surface area contributed by atoms with Crippen molar-refractivity contribution >= 4 is 21.6 Å². The van der Waals surface area contributed by atoms with Crippen LogP contribution in [0.5, 0.6) is 0 Å². The molecule has 6 nitrogen and oxygen atoms in total. The van der Waals surface area contributed by atoms with Crippen LogP contribution in [0.1, 0.15) is 16.9 Å². The van der Waals surface area contributed by atoms with Crippen molar-refractivity contribution in [3.8, 4) is 17.2 Å². The van der Waals surface area contributed by atoms with Gasteiger partial charge in [-0.1, -0.05) is 30.3 Å². The number of rotatable bonds is 2. The van der Waals surface area contributed by atoms with Crippen LogP contribution in [-0.2, 0) is 12.8 Å². The van der Waals surface area contributed by atoms with E-state index >= 15 is 0 Å². The molecule has 3 aromatic heterocycles. The van der Waals surface area contributed by atoms with Gasteiger partial charge in [0.25, 0.3) is 0 Å².